The van der Waals surface area contributed by atoms with Crippen molar-refractivity contribution in [3.63, 3.8) is 0 Å². The topological polar surface area (TPSA) is 46.2 Å². The number of nitrogens with two attached hydrogens (primary N) is 1. The van der Waals surface area contributed by atoms with E-state index in [0.717, 1.165) is 50.7 Å². The van der Waals surface area contributed by atoms with E-state index < -0.39 is 17.8 Å². The molecule has 0 saturated heterocycles. The number of hydrogen-bond donors (Lipinski definition) is 2. The second-order valence-corrected chi connectivity index (χ2v) is 5.54. The van der Waals surface area contributed by atoms with Crippen molar-refractivity contribution >= 4 is 5.69 Å². The van der Waals surface area contributed by atoms with Crippen LogP contribution in [0.4, 0.5) is 18.9 Å². The smallest absolute Gasteiger partial charge is 0.398 e. The average Bonchev–Trinajstić information content (AvgIpc) is 2.65. The molecule has 2 rings (SSSR count). The molecule has 5 heteroatoms. The number of nitrogen functional groups attached to an aromatic ring is 1. The summed E-state index contributed by atoms with van der Waals surface area (Å²) in [5, 5.41) is 10.4. The van der Waals surface area contributed by atoms with Crippen LogP contribution in [0.1, 0.15) is 55.8 Å². The molecule has 1 saturated carbocycles. The molecule has 1 aliphatic carbocycles. The van der Waals surface area contributed by atoms with Gasteiger partial charge in [-0.05, 0) is 30.9 Å². The summed E-state index contributed by atoms with van der Waals surface area (Å²) in [4.78, 5) is 0. The van der Waals surface area contributed by atoms with Crippen molar-refractivity contribution in [3.8, 4) is 0 Å². The van der Waals surface area contributed by atoms with Gasteiger partial charge >= 0.3 is 6.18 Å². The Bertz CT molecular complexity index is 451. The first-order chi connectivity index (χ1) is 9.39. The van der Waals surface area contributed by atoms with Gasteiger partial charge in [-0.25, -0.2) is 0 Å². The Morgan fingerprint density at radius 1 is 1.10 bits per heavy atom. The standard InChI is InChI=1S/C15H20F3NO/c16-15(17,18)11-7-8-12(13(19)9-11)14(20)10-5-3-1-2-4-6-10/h7-10,14,20H,1-6,19H2. The summed E-state index contributed by atoms with van der Waals surface area (Å²) >= 11 is 0. The van der Waals surface area contributed by atoms with Crippen molar-refractivity contribution in [2.45, 2.75) is 50.8 Å². The molecular formula is C15H20F3NO. The van der Waals surface area contributed by atoms with Gasteiger partial charge < -0.3 is 10.8 Å². The normalized spacial score (nSPS) is 19.6. The van der Waals surface area contributed by atoms with Crippen LogP contribution >= 0.6 is 0 Å². The molecule has 20 heavy (non-hydrogen) atoms. The predicted octanol–water partition coefficient (Wildman–Crippen LogP) is 4.29. The third-order valence-electron chi connectivity index (χ3n) is 4.08. The van der Waals surface area contributed by atoms with Gasteiger partial charge in [0.25, 0.3) is 0 Å². The molecule has 0 radical (unpaired) electrons. The lowest BCUT2D eigenvalue weighted by Crippen LogP contribution is -2.15. The van der Waals surface area contributed by atoms with Crippen molar-refractivity contribution in [1.82, 2.24) is 0 Å². The summed E-state index contributed by atoms with van der Waals surface area (Å²) in [5.41, 5.74) is 5.38. The number of aliphatic hydroxyl groups excluding tert-OH is 1. The van der Waals surface area contributed by atoms with Crippen LogP contribution in [-0.2, 0) is 6.18 Å². The highest BCUT2D eigenvalue weighted by Gasteiger charge is 2.32. The fourth-order valence-electron chi connectivity index (χ4n) is 2.90. The number of halogens is 3. The molecule has 0 spiro atoms. The van der Waals surface area contributed by atoms with Crippen LogP contribution in [0.15, 0.2) is 18.2 Å². The Labute approximate surface area is 116 Å². The molecule has 1 aliphatic rings. The molecule has 1 aromatic rings. The molecule has 2 nitrogen and oxygen atoms in total. The largest absolute Gasteiger partial charge is 0.416 e. The van der Waals surface area contributed by atoms with E-state index in [2.05, 4.69) is 0 Å². The molecule has 1 atom stereocenters. The number of benzene rings is 1. The molecule has 0 bridgehead atoms. The average molecular weight is 287 g/mol. The quantitative estimate of drug-likeness (QED) is 0.629. The summed E-state index contributed by atoms with van der Waals surface area (Å²) in [6.07, 6.45) is 1.07. The molecule has 0 amide bonds. The van der Waals surface area contributed by atoms with E-state index in [9.17, 15) is 18.3 Å². The molecule has 1 unspecified atom stereocenters. The van der Waals surface area contributed by atoms with Gasteiger partial charge in [-0.1, -0.05) is 31.7 Å². The number of anilines is 1. The maximum absolute atomic E-state index is 12.6. The highest BCUT2D eigenvalue weighted by atomic mass is 19.4. The van der Waals surface area contributed by atoms with E-state index in [1.165, 1.54) is 6.07 Å². The van der Waals surface area contributed by atoms with Crippen molar-refractivity contribution in [2.75, 3.05) is 5.73 Å². The van der Waals surface area contributed by atoms with Crippen LogP contribution in [0.25, 0.3) is 0 Å². The maximum atomic E-state index is 12.6. The Balaban J connectivity index is 2.19. The van der Waals surface area contributed by atoms with Crippen LogP contribution in [0, 0.1) is 5.92 Å². The first-order valence-corrected chi connectivity index (χ1v) is 7.04. The third-order valence-corrected chi connectivity index (χ3v) is 4.08. The minimum absolute atomic E-state index is 0.0246. The van der Waals surface area contributed by atoms with Gasteiger partial charge in [0, 0.05) is 11.3 Å². The lowest BCUT2D eigenvalue weighted by Gasteiger charge is -2.23. The number of rotatable bonds is 2. The fraction of sp³-hybridized carbons (Fsp3) is 0.600. The Hall–Kier alpha value is -1.23. The van der Waals surface area contributed by atoms with E-state index in [-0.39, 0.29) is 11.6 Å². The highest BCUT2D eigenvalue weighted by Crippen LogP contribution is 2.38. The minimum atomic E-state index is -4.40. The van der Waals surface area contributed by atoms with E-state index in [4.69, 9.17) is 5.73 Å². The first kappa shape index (κ1) is 15.2. The zero-order chi connectivity index (χ0) is 14.8. The van der Waals surface area contributed by atoms with Crippen LogP contribution < -0.4 is 5.73 Å². The molecule has 0 aliphatic heterocycles. The van der Waals surface area contributed by atoms with Gasteiger partial charge in [-0.15, -0.1) is 0 Å². The zero-order valence-corrected chi connectivity index (χ0v) is 11.3. The fourth-order valence-corrected chi connectivity index (χ4v) is 2.90. The summed E-state index contributed by atoms with van der Waals surface area (Å²) in [7, 11) is 0. The minimum Gasteiger partial charge on any atom is -0.398 e. The van der Waals surface area contributed by atoms with Gasteiger partial charge in [0.1, 0.15) is 0 Å². The zero-order valence-electron chi connectivity index (χ0n) is 11.3. The van der Waals surface area contributed by atoms with Crippen molar-refractivity contribution in [3.05, 3.63) is 29.3 Å². The summed E-state index contributed by atoms with van der Waals surface area (Å²) < 4.78 is 37.8. The summed E-state index contributed by atoms with van der Waals surface area (Å²) in [6, 6.07) is 3.22. The second kappa shape index (κ2) is 6.04. The third kappa shape index (κ3) is 3.45. The lowest BCUT2D eigenvalue weighted by atomic mass is 9.88. The Morgan fingerprint density at radius 2 is 1.70 bits per heavy atom. The molecule has 112 valence electrons. The Morgan fingerprint density at radius 3 is 2.20 bits per heavy atom. The van der Waals surface area contributed by atoms with Crippen LogP contribution in [0.3, 0.4) is 0 Å². The van der Waals surface area contributed by atoms with Crippen LogP contribution in [0.2, 0.25) is 0 Å². The van der Waals surface area contributed by atoms with E-state index in [0.29, 0.717) is 5.56 Å². The van der Waals surface area contributed by atoms with Crippen molar-refractivity contribution in [1.29, 1.82) is 0 Å². The summed E-state index contributed by atoms with van der Waals surface area (Å²) in [6.45, 7) is 0. The molecule has 1 fully saturated rings. The van der Waals surface area contributed by atoms with Crippen molar-refractivity contribution < 1.29 is 18.3 Å². The first-order valence-electron chi connectivity index (χ1n) is 7.04. The van der Waals surface area contributed by atoms with E-state index >= 15 is 0 Å². The predicted molar refractivity (Wildman–Crippen MR) is 72.0 cm³/mol. The second-order valence-electron chi connectivity index (χ2n) is 5.54. The maximum Gasteiger partial charge on any atom is 0.416 e. The molecule has 1 aromatic carbocycles. The van der Waals surface area contributed by atoms with E-state index in [1.54, 1.807) is 0 Å². The van der Waals surface area contributed by atoms with Gasteiger partial charge in [0.05, 0.1) is 11.7 Å². The van der Waals surface area contributed by atoms with Crippen LogP contribution in [0.5, 0.6) is 0 Å². The number of hydrogen-bond acceptors (Lipinski definition) is 2. The number of aliphatic hydroxyl groups is 1. The van der Waals surface area contributed by atoms with Gasteiger partial charge in [-0.3, -0.25) is 0 Å². The van der Waals surface area contributed by atoms with Crippen LogP contribution in [-0.4, -0.2) is 5.11 Å². The molecule has 0 aromatic heterocycles. The molecule has 0 heterocycles. The van der Waals surface area contributed by atoms with E-state index in [1.807, 2.05) is 0 Å². The monoisotopic (exact) mass is 287 g/mol. The molecule has 3 N–H and O–H groups in total. The van der Waals surface area contributed by atoms with Gasteiger partial charge in [-0.2, -0.15) is 13.2 Å². The Kier molecular flexibility index (Phi) is 4.58. The SMILES string of the molecule is Nc1cc(C(F)(F)F)ccc1C(O)C1CCCCCC1. The highest BCUT2D eigenvalue weighted by molar-refractivity contribution is 5.51. The lowest BCUT2D eigenvalue weighted by molar-refractivity contribution is -0.137. The van der Waals surface area contributed by atoms with Gasteiger partial charge in [0.15, 0.2) is 0 Å². The molecular weight excluding hydrogens is 267 g/mol. The summed E-state index contributed by atoms with van der Waals surface area (Å²) in [5.74, 6) is 0.0940. The number of alkyl halides is 3. The van der Waals surface area contributed by atoms with Crippen molar-refractivity contribution in [2.24, 2.45) is 5.92 Å². The van der Waals surface area contributed by atoms with Gasteiger partial charge in [0.2, 0.25) is 0 Å².